The van der Waals surface area contributed by atoms with E-state index in [1.54, 1.807) is 0 Å². The van der Waals surface area contributed by atoms with Gasteiger partial charge in [0.25, 0.3) is 0 Å². The Morgan fingerprint density at radius 1 is 0.583 bits per heavy atom. The Hall–Kier alpha value is -1.87. The van der Waals surface area contributed by atoms with E-state index in [9.17, 15) is 43.8 Å². The molecule has 0 aliphatic carbocycles. The third-order valence-electron chi connectivity index (χ3n) is 3.44. The van der Waals surface area contributed by atoms with Crippen molar-refractivity contribution in [2.45, 2.75) is 18.4 Å². The summed E-state index contributed by atoms with van der Waals surface area (Å²) in [5, 5.41) is 71.9. The number of aliphatic carboxylic acids is 7. The van der Waals surface area contributed by atoms with Gasteiger partial charge in [0.05, 0.1) is 37.9 Å². The van der Waals surface area contributed by atoms with E-state index in [1.165, 1.54) is 0 Å². The molecule has 0 fully saturated rings. The van der Waals surface area contributed by atoms with Crippen LogP contribution < -0.4 is 69.3 Å². The number of nitrogens with zero attached hydrogens (tertiary/aromatic N) is 2. The molecular weight excluding hydrogens is 522 g/mol. The van der Waals surface area contributed by atoms with Gasteiger partial charge < -0.3 is 55.9 Å². The molecule has 196 valence electrons. The Kier molecular flexibility index (Phi) is 27.4. The molecule has 8 N–H and O–H groups in total. The zero-order chi connectivity index (χ0) is 26.4. The third-order valence-corrected chi connectivity index (χ3v) is 3.44. The molecule has 0 rings (SSSR count). The van der Waals surface area contributed by atoms with Crippen molar-refractivity contribution in [3.63, 3.8) is 0 Å². The van der Waals surface area contributed by atoms with E-state index in [0.29, 0.717) is 0 Å². The molecule has 0 unspecified atom stereocenters. The van der Waals surface area contributed by atoms with Gasteiger partial charge in [0.2, 0.25) is 0 Å². The first-order chi connectivity index (χ1) is 15.0. The molecular formula is C16H24N2Na2O16. The zero-order valence-corrected chi connectivity index (χ0v) is 23.4. The average molecular weight is 546 g/mol. The van der Waals surface area contributed by atoms with E-state index in [4.69, 9.17) is 30.6 Å². The summed E-state index contributed by atoms with van der Waals surface area (Å²) < 4.78 is 0. The summed E-state index contributed by atoms with van der Waals surface area (Å²) >= 11 is 0. The van der Waals surface area contributed by atoms with Crippen LogP contribution in [-0.2, 0) is 33.6 Å². The maximum atomic E-state index is 10.5. The van der Waals surface area contributed by atoms with Gasteiger partial charge in [0.1, 0.15) is 0 Å². The fourth-order valence-electron chi connectivity index (χ4n) is 2.17. The molecule has 0 radical (unpaired) electrons. The van der Waals surface area contributed by atoms with Gasteiger partial charge in [-0.15, -0.1) is 0 Å². The second-order valence-electron chi connectivity index (χ2n) is 6.43. The fraction of sp³-hybridized carbons (Fsp3) is 0.562. The van der Waals surface area contributed by atoms with Crippen molar-refractivity contribution in [3.05, 3.63) is 0 Å². The first-order valence-corrected chi connectivity index (χ1v) is 8.65. The second-order valence-corrected chi connectivity index (χ2v) is 6.43. The molecule has 0 spiro atoms. The summed E-state index contributed by atoms with van der Waals surface area (Å²) in [7, 11) is 0. The standard InChI is InChI=1S/C10H16N2O8.C6H8O7.2Na.H2O/c13-7(14)3-11(4-8(15)16)1-2-12(5-9(17)18)6-10(19)20;7-3(8)1-6(13,5(11)12)2-4(9)10;;;/h1-6H2,(H,13,14)(H,15,16)(H,17,18)(H,19,20);13H,1-2H2,(H,7,8)(H,9,10)(H,11,12);;;1H2/q;;2*+1;/p-2. The normalized spacial score (nSPS) is 9.86. The number of aliphatic hydroxyl groups is 1. The van der Waals surface area contributed by atoms with Gasteiger partial charge in [-0.1, -0.05) is 0 Å². The summed E-state index contributed by atoms with van der Waals surface area (Å²) in [6, 6.07) is 0. The molecule has 0 aromatic carbocycles. The number of carboxylic acid groups (broad SMARTS) is 7. The molecule has 0 bridgehead atoms. The van der Waals surface area contributed by atoms with Gasteiger partial charge in [-0.3, -0.25) is 29.0 Å². The van der Waals surface area contributed by atoms with Crippen molar-refractivity contribution in [3.8, 4) is 0 Å². The van der Waals surface area contributed by atoms with Crippen molar-refractivity contribution >= 4 is 41.8 Å². The first kappa shape index (κ1) is 44.1. The molecule has 0 aliphatic heterocycles. The number of carbonyl (C=O) groups is 7. The number of rotatable bonds is 16. The van der Waals surface area contributed by atoms with Crippen LogP contribution in [0.5, 0.6) is 0 Å². The summed E-state index contributed by atoms with van der Waals surface area (Å²) in [4.78, 5) is 74.4. The van der Waals surface area contributed by atoms with Crippen LogP contribution in [0, 0.1) is 0 Å². The quantitative estimate of drug-likeness (QED) is 0.0978. The molecule has 0 aromatic rings. The van der Waals surface area contributed by atoms with Gasteiger partial charge in [-0.2, -0.15) is 0 Å². The fourth-order valence-corrected chi connectivity index (χ4v) is 2.17. The van der Waals surface area contributed by atoms with Gasteiger partial charge in [-0.25, -0.2) is 4.79 Å². The molecule has 0 amide bonds. The smallest absolute Gasteiger partial charge is 0.549 e. The molecule has 0 atom stereocenters. The van der Waals surface area contributed by atoms with Crippen LogP contribution >= 0.6 is 0 Å². The predicted molar refractivity (Wildman–Crippen MR) is 98.9 cm³/mol. The van der Waals surface area contributed by atoms with E-state index >= 15 is 0 Å². The van der Waals surface area contributed by atoms with Crippen molar-refractivity contribution in [2.24, 2.45) is 0 Å². The number of carbonyl (C=O) groups excluding carboxylic acids is 2. The largest absolute Gasteiger partial charge is 1.00 e. The van der Waals surface area contributed by atoms with Crippen LogP contribution in [0.15, 0.2) is 0 Å². The molecule has 36 heavy (non-hydrogen) atoms. The maximum Gasteiger partial charge on any atom is 1.00 e. The van der Waals surface area contributed by atoms with Gasteiger partial charge >= 0.3 is 89.0 Å². The van der Waals surface area contributed by atoms with E-state index < -0.39 is 86.4 Å². The van der Waals surface area contributed by atoms with Crippen molar-refractivity contribution < 1.29 is 139 Å². The zero-order valence-electron chi connectivity index (χ0n) is 19.4. The van der Waals surface area contributed by atoms with Crippen molar-refractivity contribution in [1.82, 2.24) is 9.80 Å². The van der Waals surface area contributed by atoms with E-state index in [-0.39, 0.29) is 77.7 Å². The Labute approximate surface area is 247 Å². The third kappa shape index (κ3) is 25.2. The molecule has 0 saturated heterocycles. The van der Waals surface area contributed by atoms with Crippen LogP contribution in [0.25, 0.3) is 0 Å². The minimum atomic E-state index is -2.74. The van der Waals surface area contributed by atoms with Crippen LogP contribution in [0.4, 0.5) is 0 Å². The van der Waals surface area contributed by atoms with Crippen LogP contribution in [0.3, 0.4) is 0 Å². The van der Waals surface area contributed by atoms with Crippen LogP contribution in [0.1, 0.15) is 12.8 Å². The van der Waals surface area contributed by atoms with Crippen LogP contribution in [-0.4, -0.2) is 133 Å². The SMILES string of the molecule is O.O=C(O)CC(O)(CC(=O)O)C(=O)O.O=C([O-])CN(CCN(CC(=O)[O-])CC(=O)O)CC(=O)O.[Na+].[Na+]. The summed E-state index contributed by atoms with van der Waals surface area (Å²) in [6.07, 6.45) is -2.29. The summed E-state index contributed by atoms with van der Waals surface area (Å²) in [5.74, 6) is -10.5. The van der Waals surface area contributed by atoms with Crippen LogP contribution in [0.2, 0.25) is 0 Å². The van der Waals surface area contributed by atoms with Gasteiger partial charge in [0.15, 0.2) is 5.60 Å². The Morgan fingerprint density at radius 2 is 0.861 bits per heavy atom. The van der Waals surface area contributed by atoms with E-state index in [1.807, 2.05) is 0 Å². The minimum absolute atomic E-state index is 0. The summed E-state index contributed by atoms with van der Waals surface area (Å²) in [6.45, 7) is -2.75. The predicted octanol–water partition coefficient (Wildman–Crippen LogP) is -12.8. The molecule has 0 saturated carbocycles. The van der Waals surface area contributed by atoms with Gasteiger partial charge in [-0.05, 0) is 0 Å². The number of hydrogen-bond acceptors (Lipinski definition) is 12. The van der Waals surface area contributed by atoms with E-state index in [0.717, 1.165) is 9.80 Å². The topological polar surface area (TPSA) is 325 Å². The average Bonchev–Trinajstić information content (AvgIpc) is 2.56. The molecule has 0 aromatic heterocycles. The monoisotopic (exact) mass is 546 g/mol. The number of carboxylic acids is 7. The molecule has 20 heteroatoms. The van der Waals surface area contributed by atoms with Crippen molar-refractivity contribution in [1.29, 1.82) is 0 Å². The Morgan fingerprint density at radius 3 is 1.03 bits per heavy atom. The van der Waals surface area contributed by atoms with Gasteiger partial charge in [0, 0.05) is 26.2 Å². The first-order valence-electron chi connectivity index (χ1n) is 8.65. The van der Waals surface area contributed by atoms with Crippen molar-refractivity contribution in [2.75, 3.05) is 39.3 Å². The Balaban J connectivity index is -0.000000177. The maximum absolute atomic E-state index is 10.5. The molecule has 0 aliphatic rings. The summed E-state index contributed by atoms with van der Waals surface area (Å²) in [5.41, 5.74) is -2.74. The molecule has 18 nitrogen and oxygen atoms in total. The number of hydrogen-bond donors (Lipinski definition) is 6. The van der Waals surface area contributed by atoms with E-state index in [2.05, 4.69) is 0 Å². The minimum Gasteiger partial charge on any atom is -0.549 e. The second kappa shape index (κ2) is 22.3. The molecule has 0 heterocycles. The Bertz CT molecular complexity index is 678.